The van der Waals surface area contributed by atoms with Gasteiger partial charge in [-0.15, -0.1) is 0 Å². The molecule has 0 radical (unpaired) electrons. The number of urea groups is 1. The summed E-state index contributed by atoms with van der Waals surface area (Å²) in [4.78, 5) is 21.6. The van der Waals surface area contributed by atoms with Crippen molar-refractivity contribution in [3.63, 3.8) is 0 Å². The van der Waals surface area contributed by atoms with Crippen molar-refractivity contribution in [2.45, 2.75) is 26.2 Å². The molecule has 0 bridgehead atoms. The van der Waals surface area contributed by atoms with Crippen LogP contribution in [0.3, 0.4) is 0 Å². The topological polar surface area (TPSA) is 136 Å². The molecule has 0 aliphatic carbocycles. The predicted molar refractivity (Wildman–Crippen MR) is 150 cm³/mol. The number of hydrogen-bond acceptors (Lipinski definition) is 7. The summed E-state index contributed by atoms with van der Waals surface area (Å²) < 4.78 is 23.7. The monoisotopic (exact) mass is 551 g/mol. The molecule has 5 aromatic rings. The summed E-state index contributed by atoms with van der Waals surface area (Å²) in [5, 5.41) is 23.4. The molecule has 2 N–H and O–H groups in total. The summed E-state index contributed by atoms with van der Waals surface area (Å²) in [6.07, 6.45) is 4.95. The summed E-state index contributed by atoms with van der Waals surface area (Å²) in [7, 11) is 1.79. The lowest BCUT2D eigenvalue weighted by Gasteiger charge is -2.14. The lowest BCUT2D eigenvalue weighted by molar-refractivity contribution is 0.262. The lowest BCUT2D eigenvalue weighted by atomic mass is 9.92. The molecular weight excluding hydrogens is 525 g/mol. The fraction of sp³-hybridized carbons (Fsp3) is 0.172. The van der Waals surface area contributed by atoms with Crippen molar-refractivity contribution in [1.82, 2.24) is 29.5 Å². The third kappa shape index (κ3) is 6.20. The van der Waals surface area contributed by atoms with Crippen molar-refractivity contribution in [2.24, 2.45) is 7.05 Å². The third-order valence-electron chi connectivity index (χ3n) is 5.94. The SMILES string of the molecule is Cn1cc(-c2nccc(Oc3ccc(F)c(NC(=O)Nc4cc(C(C)(C)C)nn4-c4cccc(C#N)c4)c3)n2)cn1. The highest BCUT2D eigenvalue weighted by atomic mass is 19.1. The van der Waals surface area contributed by atoms with Gasteiger partial charge in [-0.2, -0.15) is 20.4 Å². The minimum atomic E-state index is -0.694. The zero-order valence-electron chi connectivity index (χ0n) is 22.8. The van der Waals surface area contributed by atoms with Gasteiger partial charge < -0.3 is 10.1 Å². The Bertz CT molecular complexity index is 1780. The minimum absolute atomic E-state index is 0.102. The number of aromatic nitrogens is 6. The van der Waals surface area contributed by atoms with Crippen molar-refractivity contribution < 1.29 is 13.9 Å². The molecule has 0 aliphatic rings. The van der Waals surface area contributed by atoms with Gasteiger partial charge in [0.15, 0.2) is 5.82 Å². The maximum Gasteiger partial charge on any atom is 0.324 e. The maximum absolute atomic E-state index is 14.7. The van der Waals surface area contributed by atoms with Crippen molar-refractivity contribution in [1.29, 1.82) is 5.26 Å². The van der Waals surface area contributed by atoms with Gasteiger partial charge in [-0.1, -0.05) is 26.8 Å². The second-order valence-corrected chi connectivity index (χ2v) is 10.2. The fourth-order valence-electron chi connectivity index (χ4n) is 3.87. The molecule has 0 spiro atoms. The minimum Gasteiger partial charge on any atom is -0.439 e. The van der Waals surface area contributed by atoms with Crippen LogP contribution in [0.25, 0.3) is 17.1 Å². The molecule has 2 amide bonds. The average molecular weight is 552 g/mol. The van der Waals surface area contributed by atoms with Crippen LogP contribution in [0.1, 0.15) is 32.0 Å². The first-order chi connectivity index (χ1) is 19.6. The van der Waals surface area contributed by atoms with Crippen LogP contribution in [-0.2, 0) is 12.5 Å². The zero-order valence-corrected chi connectivity index (χ0v) is 22.8. The molecule has 2 aromatic carbocycles. The summed E-state index contributed by atoms with van der Waals surface area (Å²) >= 11 is 0. The molecule has 0 atom stereocenters. The molecule has 12 heteroatoms. The highest BCUT2D eigenvalue weighted by Gasteiger charge is 2.22. The molecule has 11 nitrogen and oxygen atoms in total. The smallest absolute Gasteiger partial charge is 0.324 e. The van der Waals surface area contributed by atoms with E-state index in [1.807, 2.05) is 20.8 Å². The van der Waals surface area contributed by atoms with Gasteiger partial charge in [0.2, 0.25) is 5.88 Å². The van der Waals surface area contributed by atoms with Crippen LogP contribution in [0, 0.1) is 17.1 Å². The molecule has 0 saturated heterocycles. The molecule has 0 saturated carbocycles. The Balaban J connectivity index is 1.36. The van der Waals surface area contributed by atoms with E-state index in [0.29, 0.717) is 34.2 Å². The quantitative estimate of drug-likeness (QED) is 0.272. The van der Waals surface area contributed by atoms with Gasteiger partial charge in [0, 0.05) is 43.1 Å². The number of hydrogen-bond donors (Lipinski definition) is 2. The summed E-state index contributed by atoms with van der Waals surface area (Å²) in [6.45, 7) is 5.98. The number of nitriles is 1. The number of benzene rings is 2. The number of ether oxygens (including phenoxy) is 1. The fourth-order valence-corrected chi connectivity index (χ4v) is 3.87. The Morgan fingerprint density at radius 3 is 2.66 bits per heavy atom. The van der Waals surface area contributed by atoms with Crippen LogP contribution in [0.2, 0.25) is 0 Å². The highest BCUT2D eigenvalue weighted by Crippen LogP contribution is 2.29. The summed E-state index contributed by atoms with van der Waals surface area (Å²) in [6, 6.07) is 15.5. The van der Waals surface area contributed by atoms with Crippen molar-refractivity contribution in [2.75, 3.05) is 10.6 Å². The van der Waals surface area contributed by atoms with E-state index in [-0.39, 0.29) is 22.7 Å². The standard InChI is InChI=1S/C29H26FN9O2/c1-29(2,3)24-14-25(39(37-24)20-7-5-6-18(12-20)15-31)35-28(40)34-23-13-21(8-9-22(23)30)41-26-10-11-32-27(36-26)19-16-33-38(4)17-19/h5-14,16-17H,1-4H3,(H2,34,35,40). The number of halogens is 1. The zero-order chi connectivity index (χ0) is 29.1. The van der Waals surface area contributed by atoms with Gasteiger partial charge in [0.25, 0.3) is 0 Å². The Kier molecular flexibility index (Phi) is 7.18. The van der Waals surface area contributed by atoms with Gasteiger partial charge in [-0.3, -0.25) is 10.00 Å². The van der Waals surface area contributed by atoms with Crippen LogP contribution in [0.15, 0.2) is 73.2 Å². The van der Waals surface area contributed by atoms with E-state index >= 15 is 0 Å². The van der Waals surface area contributed by atoms with Crippen molar-refractivity contribution in [3.05, 3.63) is 90.3 Å². The lowest BCUT2D eigenvalue weighted by Crippen LogP contribution is -2.22. The number of carbonyl (C=O) groups is 1. The van der Waals surface area contributed by atoms with Crippen LogP contribution in [0.4, 0.5) is 20.7 Å². The Labute approximate surface area is 235 Å². The largest absolute Gasteiger partial charge is 0.439 e. The summed E-state index contributed by atoms with van der Waals surface area (Å²) in [5.74, 6) is 0.600. The molecule has 206 valence electrons. The molecule has 41 heavy (non-hydrogen) atoms. The Hall–Kier alpha value is -5.57. The van der Waals surface area contributed by atoms with Crippen LogP contribution in [-0.4, -0.2) is 35.6 Å². The average Bonchev–Trinajstić information content (AvgIpc) is 3.57. The second-order valence-electron chi connectivity index (χ2n) is 10.2. The molecule has 0 aliphatic heterocycles. The second kappa shape index (κ2) is 10.9. The van der Waals surface area contributed by atoms with Crippen LogP contribution >= 0.6 is 0 Å². The maximum atomic E-state index is 14.7. The number of rotatable bonds is 6. The van der Waals surface area contributed by atoms with Crippen LogP contribution in [0.5, 0.6) is 11.6 Å². The molecule has 5 rings (SSSR count). The van der Waals surface area contributed by atoms with Gasteiger partial charge in [-0.05, 0) is 30.3 Å². The van der Waals surface area contributed by atoms with Gasteiger partial charge in [-0.25, -0.2) is 18.9 Å². The summed E-state index contributed by atoms with van der Waals surface area (Å²) in [5.41, 5.74) is 2.04. The highest BCUT2D eigenvalue weighted by molar-refractivity contribution is 5.99. The number of carbonyl (C=O) groups excluding carboxylic acids is 1. The van der Waals surface area contributed by atoms with E-state index < -0.39 is 11.8 Å². The number of amides is 2. The number of aryl methyl sites for hydroxylation is 1. The van der Waals surface area contributed by atoms with E-state index in [1.165, 1.54) is 22.9 Å². The van der Waals surface area contributed by atoms with Crippen LogP contribution < -0.4 is 15.4 Å². The molecule has 0 unspecified atom stereocenters. The Morgan fingerprint density at radius 1 is 1.10 bits per heavy atom. The first kappa shape index (κ1) is 27.0. The van der Waals surface area contributed by atoms with E-state index in [2.05, 4.69) is 36.9 Å². The van der Waals surface area contributed by atoms with Gasteiger partial charge in [0.05, 0.1) is 40.5 Å². The van der Waals surface area contributed by atoms with Gasteiger partial charge >= 0.3 is 6.03 Å². The van der Waals surface area contributed by atoms with E-state index in [9.17, 15) is 14.4 Å². The first-order valence-corrected chi connectivity index (χ1v) is 12.6. The molecule has 3 aromatic heterocycles. The molecular formula is C29H26FN9O2. The molecule has 3 heterocycles. The van der Waals surface area contributed by atoms with E-state index in [1.54, 1.807) is 66.7 Å². The number of nitrogens with one attached hydrogen (secondary N) is 2. The Morgan fingerprint density at radius 2 is 1.93 bits per heavy atom. The molecule has 0 fully saturated rings. The van der Waals surface area contributed by atoms with E-state index in [4.69, 9.17) is 4.74 Å². The van der Waals surface area contributed by atoms with Gasteiger partial charge in [0.1, 0.15) is 17.4 Å². The third-order valence-corrected chi connectivity index (χ3v) is 5.94. The van der Waals surface area contributed by atoms with E-state index in [0.717, 1.165) is 0 Å². The number of nitrogens with zero attached hydrogens (tertiary/aromatic N) is 7. The van der Waals surface area contributed by atoms with Crippen molar-refractivity contribution in [3.8, 4) is 34.8 Å². The van der Waals surface area contributed by atoms with Crippen molar-refractivity contribution >= 4 is 17.5 Å². The number of anilines is 2. The first-order valence-electron chi connectivity index (χ1n) is 12.6. The predicted octanol–water partition coefficient (Wildman–Crippen LogP) is 5.81. The normalized spacial score (nSPS) is 11.1.